The normalized spacial score (nSPS) is 11.5. The zero-order chi connectivity index (χ0) is 14.6. The summed E-state index contributed by atoms with van der Waals surface area (Å²) in [5.41, 5.74) is 4.01. The van der Waals surface area contributed by atoms with Gasteiger partial charge in [-0.1, -0.05) is 23.2 Å². The van der Waals surface area contributed by atoms with Gasteiger partial charge in [0.05, 0.1) is 33.5 Å². The first kappa shape index (κ1) is 13.2. The summed E-state index contributed by atoms with van der Waals surface area (Å²) in [6, 6.07) is 9.20. The van der Waals surface area contributed by atoms with Crippen LogP contribution in [0.2, 0.25) is 10.0 Å². The van der Waals surface area contributed by atoms with E-state index in [4.69, 9.17) is 35.4 Å². The Hall–Kier alpha value is -1.47. The highest BCUT2D eigenvalue weighted by atomic mass is 35.5. The Kier molecular flexibility index (Phi) is 3.00. The second kappa shape index (κ2) is 4.78. The van der Waals surface area contributed by atoms with Crippen LogP contribution in [-0.2, 0) is 0 Å². The molecule has 0 radical (unpaired) electrons. The van der Waals surface area contributed by atoms with Crippen molar-refractivity contribution in [3.8, 4) is 5.69 Å². The van der Waals surface area contributed by atoms with Gasteiger partial charge in [-0.2, -0.15) is 8.75 Å². The van der Waals surface area contributed by atoms with E-state index in [0.29, 0.717) is 14.8 Å². The molecule has 2 aromatic carbocycles. The lowest BCUT2D eigenvalue weighted by molar-refractivity contribution is 1.07. The standard InChI is InChI=1S/C13H6Cl2N4S2/c14-6-1-4-10-9(5-6)16-13(20)19(10)12-7(15)2-3-8-11(12)18-21-17-8/h1-5H,(H,16,20). The summed E-state index contributed by atoms with van der Waals surface area (Å²) >= 11 is 19.0. The second-order valence-electron chi connectivity index (χ2n) is 4.45. The third-order valence-electron chi connectivity index (χ3n) is 3.22. The fraction of sp³-hybridized carbons (Fsp3) is 0. The van der Waals surface area contributed by atoms with Gasteiger partial charge in [0.2, 0.25) is 0 Å². The van der Waals surface area contributed by atoms with Crippen molar-refractivity contribution in [3.05, 3.63) is 45.1 Å². The van der Waals surface area contributed by atoms with Crippen LogP contribution in [0.4, 0.5) is 0 Å². The molecule has 4 rings (SSSR count). The molecule has 4 nitrogen and oxygen atoms in total. The van der Waals surface area contributed by atoms with Gasteiger partial charge in [0.25, 0.3) is 0 Å². The molecule has 2 heterocycles. The highest BCUT2D eigenvalue weighted by Gasteiger charge is 2.15. The number of H-pyrrole nitrogens is 1. The third kappa shape index (κ3) is 1.98. The van der Waals surface area contributed by atoms with Gasteiger partial charge in [-0.25, -0.2) is 0 Å². The molecule has 8 heteroatoms. The SMILES string of the molecule is S=c1[nH]c2cc(Cl)ccc2n1-c1c(Cl)ccc2nsnc12. The van der Waals surface area contributed by atoms with E-state index in [-0.39, 0.29) is 0 Å². The van der Waals surface area contributed by atoms with E-state index >= 15 is 0 Å². The number of aromatic amines is 1. The zero-order valence-electron chi connectivity index (χ0n) is 10.3. The molecule has 21 heavy (non-hydrogen) atoms. The maximum Gasteiger partial charge on any atom is 0.182 e. The van der Waals surface area contributed by atoms with Gasteiger partial charge < -0.3 is 4.98 Å². The van der Waals surface area contributed by atoms with Gasteiger partial charge in [-0.05, 0) is 42.5 Å². The van der Waals surface area contributed by atoms with Crippen LogP contribution in [0.3, 0.4) is 0 Å². The van der Waals surface area contributed by atoms with E-state index in [1.165, 1.54) is 0 Å². The minimum absolute atomic E-state index is 0.537. The molecule has 0 spiro atoms. The number of nitrogens with zero attached hydrogens (tertiary/aromatic N) is 3. The van der Waals surface area contributed by atoms with Crippen LogP contribution < -0.4 is 0 Å². The van der Waals surface area contributed by atoms with Crippen molar-refractivity contribution in [1.82, 2.24) is 18.3 Å². The Morgan fingerprint density at radius 1 is 1.14 bits per heavy atom. The lowest BCUT2D eigenvalue weighted by Gasteiger charge is -2.07. The summed E-state index contributed by atoms with van der Waals surface area (Å²) < 4.78 is 11.0. The summed E-state index contributed by atoms with van der Waals surface area (Å²) in [7, 11) is 0. The number of fused-ring (bicyclic) bond motifs is 2. The van der Waals surface area contributed by atoms with Gasteiger partial charge in [-0.15, -0.1) is 0 Å². The van der Waals surface area contributed by atoms with Gasteiger partial charge in [0, 0.05) is 5.02 Å². The molecule has 0 fully saturated rings. The van der Waals surface area contributed by atoms with Crippen molar-refractivity contribution in [3.63, 3.8) is 0 Å². The van der Waals surface area contributed by atoms with Crippen molar-refractivity contribution in [2.75, 3.05) is 0 Å². The number of benzene rings is 2. The van der Waals surface area contributed by atoms with E-state index in [1.54, 1.807) is 6.07 Å². The molecule has 0 saturated heterocycles. The van der Waals surface area contributed by atoms with Crippen LogP contribution in [0.1, 0.15) is 0 Å². The van der Waals surface area contributed by atoms with Crippen molar-refractivity contribution in [1.29, 1.82) is 0 Å². The Labute approximate surface area is 138 Å². The first-order chi connectivity index (χ1) is 10.1. The van der Waals surface area contributed by atoms with E-state index in [2.05, 4.69) is 13.7 Å². The van der Waals surface area contributed by atoms with Crippen LogP contribution in [0.15, 0.2) is 30.3 Å². The second-order valence-corrected chi connectivity index (χ2v) is 6.21. The molecule has 1 N–H and O–H groups in total. The topological polar surface area (TPSA) is 46.5 Å². The van der Waals surface area contributed by atoms with Crippen molar-refractivity contribution < 1.29 is 0 Å². The van der Waals surface area contributed by atoms with Gasteiger partial charge >= 0.3 is 0 Å². The van der Waals surface area contributed by atoms with Crippen molar-refractivity contribution >= 4 is 69.2 Å². The van der Waals surface area contributed by atoms with E-state index < -0.39 is 0 Å². The van der Waals surface area contributed by atoms with Gasteiger partial charge in [-0.3, -0.25) is 4.57 Å². The quantitative estimate of drug-likeness (QED) is 0.490. The predicted molar refractivity (Wildman–Crippen MR) is 89.5 cm³/mol. The fourth-order valence-electron chi connectivity index (χ4n) is 2.33. The van der Waals surface area contributed by atoms with E-state index in [9.17, 15) is 0 Å². The average molecular weight is 353 g/mol. The molecule has 0 unspecified atom stereocenters. The molecule has 0 saturated carbocycles. The number of rotatable bonds is 1. The lowest BCUT2D eigenvalue weighted by atomic mass is 10.2. The number of hydrogen-bond donors (Lipinski definition) is 1. The summed E-state index contributed by atoms with van der Waals surface area (Å²) in [5, 5.41) is 1.22. The Morgan fingerprint density at radius 2 is 2.00 bits per heavy atom. The summed E-state index contributed by atoms with van der Waals surface area (Å²) in [4.78, 5) is 3.14. The molecule has 0 amide bonds. The minimum atomic E-state index is 0.537. The largest absolute Gasteiger partial charge is 0.330 e. The zero-order valence-corrected chi connectivity index (χ0v) is 13.4. The highest BCUT2D eigenvalue weighted by molar-refractivity contribution is 7.71. The Balaban J connectivity index is 2.19. The molecule has 0 aliphatic rings. The molecule has 0 aliphatic heterocycles. The van der Waals surface area contributed by atoms with Crippen LogP contribution in [-0.4, -0.2) is 18.3 Å². The Morgan fingerprint density at radius 3 is 2.86 bits per heavy atom. The first-order valence-corrected chi connectivity index (χ1v) is 7.86. The average Bonchev–Trinajstić information content (AvgIpc) is 3.02. The molecule has 2 aromatic heterocycles. The van der Waals surface area contributed by atoms with E-state index in [0.717, 1.165) is 39.5 Å². The molecular weight excluding hydrogens is 347 g/mol. The summed E-state index contributed by atoms with van der Waals surface area (Å²) in [5.74, 6) is 0. The monoisotopic (exact) mass is 352 g/mol. The smallest absolute Gasteiger partial charge is 0.182 e. The van der Waals surface area contributed by atoms with E-state index in [1.807, 2.05) is 28.8 Å². The number of halogens is 2. The Bertz CT molecular complexity index is 1050. The summed E-state index contributed by atoms with van der Waals surface area (Å²) in [6.45, 7) is 0. The fourth-order valence-corrected chi connectivity index (χ4v) is 3.58. The third-order valence-corrected chi connectivity index (χ3v) is 4.59. The van der Waals surface area contributed by atoms with Crippen LogP contribution >= 0.6 is 47.1 Å². The van der Waals surface area contributed by atoms with Crippen molar-refractivity contribution in [2.24, 2.45) is 0 Å². The maximum absolute atomic E-state index is 6.38. The van der Waals surface area contributed by atoms with Crippen LogP contribution in [0.25, 0.3) is 27.8 Å². The minimum Gasteiger partial charge on any atom is -0.330 e. The maximum atomic E-state index is 6.38. The molecule has 0 atom stereocenters. The summed E-state index contributed by atoms with van der Waals surface area (Å²) in [6.07, 6.45) is 0. The number of aromatic nitrogens is 4. The van der Waals surface area contributed by atoms with Crippen LogP contribution in [0.5, 0.6) is 0 Å². The molecule has 0 aliphatic carbocycles. The molecule has 104 valence electrons. The van der Waals surface area contributed by atoms with Gasteiger partial charge in [0.15, 0.2) is 4.77 Å². The van der Waals surface area contributed by atoms with Crippen molar-refractivity contribution in [2.45, 2.75) is 0 Å². The molecule has 0 bridgehead atoms. The highest BCUT2D eigenvalue weighted by Crippen LogP contribution is 2.32. The lowest BCUT2D eigenvalue weighted by Crippen LogP contribution is -1.96. The number of nitrogens with one attached hydrogen (secondary N) is 1. The first-order valence-electron chi connectivity index (χ1n) is 5.96. The van der Waals surface area contributed by atoms with Crippen LogP contribution in [0, 0.1) is 4.77 Å². The van der Waals surface area contributed by atoms with Gasteiger partial charge in [0.1, 0.15) is 11.0 Å². The molecular formula is C13H6Cl2N4S2. The predicted octanol–water partition coefficient (Wildman–Crippen LogP) is 5.00. The number of hydrogen-bond acceptors (Lipinski definition) is 4. The molecule has 4 aromatic rings. The number of imidazole rings is 1.